The molecule has 0 radical (unpaired) electrons. The first-order chi connectivity index (χ1) is 27.6. The van der Waals surface area contributed by atoms with E-state index >= 15 is 4.39 Å². The van der Waals surface area contributed by atoms with Crippen molar-refractivity contribution < 1.29 is 32.0 Å². The molecule has 2 aliphatic rings. The molecular formula is C42H39FN6O7S. The van der Waals surface area contributed by atoms with Gasteiger partial charge in [0.25, 0.3) is 21.6 Å². The number of fused-ring (bicyclic) bond motifs is 1. The van der Waals surface area contributed by atoms with Gasteiger partial charge in [-0.25, -0.2) is 22.5 Å². The third kappa shape index (κ3) is 8.16. The molecule has 2 aliphatic heterocycles. The first-order valence-corrected chi connectivity index (χ1v) is 20.1. The summed E-state index contributed by atoms with van der Waals surface area (Å²) in [5.74, 6) is -0.960. The topological polar surface area (TPSA) is 169 Å². The molecule has 2 fully saturated rings. The molecule has 0 bridgehead atoms. The molecule has 3 N–H and O–H groups in total. The van der Waals surface area contributed by atoms with Crippen molar-refractivity contribution in [3.63, 3.8) is 0 Å². The van der Waals surface area contributed by atoms with E-state index in [1.54, 1.807) is 36.5 Å². The van der Waals surface area contributed by atoms with Gasteiger partial charge in [-0.2, -0.15) is 0 Å². The van der Waals surface area contributed by atoms with Crippen molar-refractivity contribution in [2.24, 2.45) is 5.92 Å². The highest BCUT2D eigenvalue weighted by atomic mass is 32.2. The van der Waals surface area contributed by atoms with Crippen LogP contribution < -0.4 is 19.7 Å². The minimum Gasteiger partial charge on any atom is -0.455 e. The monoisotopic (exact) mass is 790 g/mol. The second-order valence-electron chi connectivity index (χ2n) is 14.1. The summed E-state index contributed by atoms with van der Waals surface area (Å²) in [5.41, 5.74) is 2.80. The van der Waals surface area contributed by atoms with E-state index in [9.17, 15) is 23.3 Å². The Morgan fingerprint density at radius 3 is 2.56 bits per heavy atom. The van der Waals surface area contributed by atoms with Crippen LogP contribution in [0.2, 0.25) is 0 Å². The number of H-pyrrole nitrogens is 1. The van der Waals surface area contributed by atoms with Gasteiger partial charge in [0.15, 0.2) is 0 Å². The predicted octanol–water partition coefficient (Wildman–Crippen LogP) is 8.37. The van der Waals surface area contributed by atoms with Gasteiger partial charge in [-0.1, -0.05) is 42.5 Å². The van der Waals surface area contributed by atoms with E-state index in [2.05, 4.69) is 32.3 Å². The summed E-state index contributed by atoms with van der Waals surface area (Å²) >= 11 is 0. The maximum absolute atomic E-state index is 16.0. The molecule has 4 heterocycles. The van der Waals surface area contributed by atoms with Crippen molar-refractivity contribution in [1.29, 1.82) is 0 Å². The molecule has 1 atom stereocenters. The van der Waals surface area contributed by atoms with Gasteiger partial charge in [-0.3, -0.25) is 14.9 Å². The summed E-state index contributed by atoms with van der Waals surface area (Å²) in [6.45, 7) is 2.40. The van der Waals surface area contributed by atoms with Crippen LogP contribution in [0.15, 0.2) is 114 Å². The zero-order valence-electron chi connectivity index (χ0n) is 30.7. The lowest BCUT2D eigenvalue weighted by Gasteiger charge is -2.28. The van der Waals surface area contributed by atoms with Crippen LogP contribution in [-0.4, -0.2) is 55.5 Å². The number of rotatable bonds is 12. The van der Waals surface area contributed by atoms with Gasteiger partial charge in [0.1, 0.15) is 28.7 Å². The third-order valence-electron chi connectivity index (χ3n) is 10.5. The van der Waals surface area contributed by atoms with Crippen LogP contribution in [0.3, 0.4) is 0 Å². The average molecular weight is 791 g/mol. The lowest BCUT2D eigenvalue weighted by atomic mass is 10.0. The number of carbonyl (C=O) groups is 1. The number of hydrogen-bond donors (Lipinski definition) is 3. The molecule has 2 saturated heterocycles. The van der Waals surface area contributed by atoms with E-state index < -0.39 is 37.3 Å². The van der Waals surface area contributed by atoms with Crippen molar-refractivity contribution in [3.05, 3.63) is 137 Å². The highest BCUT2D eigenvalue weighted by Gasteiger charge is 2.29. The Morgan fingerprint density at radius 1 is 0.982 bits per heavy atom. The molecule has 8 rings (SSSR count). The molecule has 0 aliphatic carbocycles. The number of aromatic nitrogens is 2. The van der Waals surface area contributed by atoms with Crippen LogP contribution in [0, 0.1) is 21.8 Å². The Balaban J connectivity index is 1.08. The zero-order valence-corrected chi connectivity index (χ0v) is 31.5. The number of amides is 1. The van der Waals surface area contributed by atoms with Crippen molar-refractivity contribution in [3.8, 4) is 22.6 Å². The van der Waals surface area contributed by atoms with Gasteiger partial charge in [0, 0.05) is 44.0 Å². The van der Waals surface area contributed by atoms with E-state index in [1.807, 2.05) is 22.9 Å². The number of carbonyl (C=O) groups excluding carboxylic acids is 1. The standard InChI is InChI=1S/C42H39FN6O7S/c43-35-22-29(9-13-38(35)48-18-4-7-37(48)28-5-2-1-3-6-28)30-8-11-34(40(23-30)56-32-21-31-14-17-44-41(31)46-26-32)42(50)47-57(53,54)33-10-12-36(39(24-33)49(51)52)45-25-27-15-19-55-20-16-27/h1-3,5-6,8-14,17,21-24,26-27,37,45H,4,7,15-16,18-20,25H2,(H,44,46)(H,47,50). The number of nitrogens with zero attached hydrogens (tertiary/aromatic N) is 3. The summed E-state index contributed by atoms with van der Waals surface area (Å²) in [6, 6.07) is 26.5. The molecule has 15 heteroatoms. The summed E-state index contributed by atoms with van der Waals surface area (Å²) in [7, 11) is -4.61. The molecular weight excluding hydrogens is 752 g/mol. The van der Waals surface area contributed by atoms with Crippen LogP contribution in [0.5, 0.6) is 11.5 Å². The van der Waals surface area contributed by atoms with E-state index in [0.29, 0.717) is 48.8 Å². The van der Waals surface area contributed by atoms with Gasteiger partial charge in [-0.05, 0) is 96.8 Å². The quantitative estimate of drug-likeness (QED) is 0.0809. The van der Waals surface area contributed by atoms with Gasteiger partial charge >= 0.3 is 0 Å². The van der Waals surface area contributed by atoms with E-state index in [1.165, 1.54) is 36.5 Å². The number of halogens is 1. The lowest BCUT2D eigenvalue weighted by Crippen LogP contribution is -2.31. The van der Waals surface area contributed by atoms with E-state index in [0.717, 1.165) is 42.7 Å². The molecule has 57 heavy (non-hydrogen) atoms. The number of anilines is 2. The predicted molar refractivity (Wildman–Crippen MR) is 214 cm³/mol. The maximum atomic E-state index is 16.0. The van der Waals surface area contributed by atoms with Crippen molar-refractivity contribution >= 4 is 44.0 Å². The number of benzene rings is 4. The third-order valence-corrected chi connectivity index (χ3v) is 11.8. The molecule has 6 aromatic rings. The SMILES string of the molecule is O=C(NS(=O)(=O)c1ccc(NCC2CCOCC2)c([N+](=O)[O-])c1)c1ccc(-c2ccc(N3CCCC3c3ccccc3)c(F)c2)cc1Oc1cnc2[nH]ccc2c1. The highest BCUT2D eigenvalue weighted by Crippen LogP contribution is 2.39. The number of nitro benzene ring substituents is 1. The number of ether oxygens (including phenoxy) is 2. The number of nitro groups is 1. The zero-order chi connectivity index (χ0) is 39.5. The summed E-state index contributed by atoms with van der Waals surface area (Å²) < 4.78 is 56.8. The number of sulfonamides is 1. The molecule has 4 aromatic carbocycles. The Bertz CT molecular complexity index is 2560. The molecule has 0 spiro atoms. The maximum Gasteiger partial charge on any atom is 0.293 e. The Morgan fingerprint density at radius 2 is 1.77 bits per heavy atom. The van der Waals surface area contributed by atoms with Crippen LogP contribution in [0.1, 0.15) is 47.6 Å². The van der Waals surface area contributed by atoms with Gasteiger partial charge in [0.05, 0.1) is 33.3 Å². The molecule has 0 saturated carbocycles. The molecule has 1 unspecified atom stereocenters. The van der Waals surface area contributed by atoms with Gasteiger partial charge < -0.3 is 24.7 Å². The minimum absolute atomic E-state index is 0.0244. The molecule has 1 amide bonds. The second-order valence-corrected chi connectivity index (χ2v) is 15.8. The normalized spacial score (nSPS) is 16.1. The fourth-order valence-corrected chi connectivity index (χ4v) is 8.48. The first-order valence-electron chi connectivity index (χ1n) is 18.7. The molecule has 292 valence electrons. The Kier molecular flexibility index (Phi) is 10.6. The fourth-order valence-electron chi connectivity index (χ4n) is 7.49. The lowest BCUT2D eigenvalue weighted by molar-refractivity contribution is -0.384. The van der Waals surface area contributed by atoms with Crippen LogP contribution >= 0.6 is 0 Å². The summed E-state index contributed by atoms with van der Waals surface area (Å²) in [6.07, 6.45) is 6.62. The number of pyridine rings is 1. The van der Waals surface area contributed by atoms with Crippen LogP contribution in [-0.2, 0) is 14.8 Å². The average Bonchev–Trinajstić information content (AvgIpc) is 3.91. The smallest absolute Gasteiger partial charge is 0.293 e. The summed E-state index contributed by atoms with van der Waals surface area (Å²) in [5, 5.41) is 15.8. The number of nitrogens with one attached hydrogen (secondary N) is 3. The molecule has 13 nitrogen and oxygen atoms in total. The highest BCUT2D eigenvalue weighted by molar-refractivity contribution is 7.90. The first kappa shape index (κ1) is 37.6. The molecule has 2 aromatic heterocycles. The largest absolute Gasteiger partial charge is 0.455 e. The van der Waals surface area contributed by atoms with E-state index in [4.69, 9.17) is 9.47 Å². The Hall–Kier alpha value is -6.32. The van der Waals surface area contributed by atoms with Crippen LogP contribution in [0.4, 0.5) is 21.5 Å². The van der Waals surface area contributed by atoms with Crippen molar-refractivity contribution in [2.75, 3.05) is 36.5 Å². The van der Waals surface area contributed by atoms with Crippen molar-refractivity contribution in [2.45, 2.75) is 36.6 Å². The summed E-state index contributed by atoms with van der Waals surface area (Å²) in [4.78, 5) is 34.1. The Labute approximate surface area is 328 Å². The van der Waals surface area contributed by atoms with Gasteiger partial charge in [0.2, 0.25) is 0 Å². The number of aromatic amines is 1. The van der Waals surface area contributed by atoms with Gasteiger partial charge in [-0.15, -0.1) is 0 Å². The second kappa shape index (κ2) is 16.0. The van der Waals surface area contributed by atoms with Crippen molar-refractivity contribution in [1.82, 2.24) is 14.7 Å². The van der Waals surface area contributed by atoms with E-state index in [-0.39, 0.29) is 34.7 Å². The number of hydrogen-bond acceptors (Lipinski definition) is 10. The fraction of sp³-hybridized carbons (Fsp3) is 0.238. The minimum atomic E-state index is -4.61. The van der Waals surface area contributed by atoms with Crippen LogP contribution in [0.25, 0.3) is 22.2 Å².